The minimum absolute atomic E-state index is 0.502. The van der Waals surface area contributed by atoms with Crippen LogP contribution in [0.3, 0.4) is 0 Å². The minimum atomic E-state index is -1.01. The summed E-state index contributed by atoms with van der Waals surface area (Å²) < 4.78 is 9.95. The van der Waals surface area contributed by atoms with Crippen molar-refractivity contribution in [1.29, 1.82) is 0 Å². The summed E-state index contributed by atoms with van der Waals surface area (Å²) in [6, 6.07) is 16.7. The van der Waals surface area contributed by atoms with Gasteiger partial charge in [0.15, 0.2) is 0 Å². The number of nitrogens with one attached hydrogen (secondary N) is 1. The molecule has 1 unspecified atom stereocenters. The standard InChI is InChI=1S/C20H20N2O2S2/c23-20(16-6-5-14-3-1-2-4-15(14)11-16)13-21-26-19-17(20)12-18(25-19)22-7-9-24-10-8-22/h1-6,11-12,21,23H,7-10,13H2. The van der Waals surface area contributed by atoms with Crippen LogP contribution < -0.4 is 9.62 Å². The Labute approximate surface area is 160 Å². The molecule has 26 heavy (non-hydrogen) atoms. The van der Waals surface area contributed by atoms with E-state index in [2.05, 4.69) is 46.0 Å². The molecule has 0 spiro atoms. The van der Waals surface area contributed by atoms with E-state index in [0.29, 0.717) is 6.54 Å². The van der Waals surface area contributed by atoms with Gasteiger partial charge in [-0.15, -0.1) is 11.3 Å². The van der Waals surface area contributed by atoms with Gasteiger partial charge in [0.05, 0.1) is 22.4 Å². The van der Waals surface area contributed by atoms with E-state index in [9.17, 15) is 5.11 Å². The van der Waals surface area contributed by atoms with Crippen LogP contribution in [0.1, 0.15) is 11.1 Å². The Morgan fingerprint density at radius 3 is 2.69 bits per heavy atom. The van der Waals surface area contributed by atoms with Crippen LogP contribution in [-0.2, 0) is 10.3 Å². The molecule has 1 aromatic heterocycles. The van der Waals surface area contributed by atoms with Crippen molar-refractivity contribution < 1.29 is 9.84 Å². The van der Waals surface area contributed by atoms with E-state index in [1.54, 1.807) is 23.3 Å². The van der Waals surface area contributed by atoms with Gasteiger partial charge in [-0.25, -0.2) is 0 Å². The number of anilines is 1. The topological polar surface area (TPSA) is 44.7 Å². The maximum atomic E-state index is 11.7. The van der Waals surface area contributed by atoms with Gasteiger partial charge < -0.3 is 14.7 Å². The van der Waals surface area contributed by atoms with Crippen molar-refractivity contribution in [3.05, 3.63) is 59.7 Å². The first kappa shape index (κ1) is 16.6. The highest BCUT2D eigenvalue weighted by Crippen LogP contribution is 2.47. The fraction of sp³-hybridized carbons (Fsp3) is 0.300. The largest absolute Gasteiger partial charge is 0.379 e. The summed E-state index contributed by atoms with van der Waals surface area (Å²) in [6.07, 6.45) is 0. The Morgan fingerprint density at radius 1 is 1.04 bits per heavy atom. The predicted octanol–water partition coefficient (Wildman–Crippen LogP) is 3.58. The van der Waals surface area contributed by atoms with E-state index in [1.807, 2.05) is 12.1 Å². The Balaban J connectivity index is 1.58. The molecule has 2 aromatic carbocycles. The number of thiophene rings is 1. The molecule has 0 aliphatic carbocycles. The van der Waals surface area contributed by atoms with Crippen LogP contribution in [0.15, 0.2) is 52.7 Å². The average molecular weight is 385 g/mol. The maximum Gasteiger partial charge on any atom is 0.130 e. The van der Waals surface area contributed by atoms with Crippen LogP contribution in [0, 0.1) is 0 Å². The lowest BCUT2D eigenvalue weighted by Crippen LogP contribution is -2.40. The first-order chi connectivity index (χ1) is 12.7. The number of nitrogens with zero attached hydrogens (tertiary/aromatic N) is 1. The van der Waals surface area contributed by atoms with E-state index in [0.717, 1.165) is 47.0 Å². The number of ether oxygens (including phenoxy) is 1. The SMILES string of the molecule is OC1(c2ccc3ccccc3c2)CNSc2sc(N3CCOCC3)cc21. The van der Waals surface area contributed by atoms with Crippen LogP contribution in [0.2, 0.25) is 0 Å². The molecule has 4 nitrogen and oxygen atoms in total. The number of fused-ring (bicyclic) bond motifs is 2. The van der Waals surface area contributed by atoms with Crippen LogP contribution >= 0.6 is 23.3 Å². The van der Waals surface area contributed by atoms with Gasteiger partial charge in [-0.05, 0) is 40.4 Å². The highest BCUT2D eigenvalue weighted by molar-refractivity contribution is 7.99. The van der Waals surface area contributed by atoms with Crippen molar-refractivity contribution in [3.8, 4) is 0 Å². The van der Waals surface area contributed by atoms with Crippen molar-refractivity contribution in [3.63, 3.8) is 0 Å². The molecule has 0 radical (unpaired) electrons. The van der Waals surface area contributed by atoms with E-state index in [1.165, 1.54) is 10.4 Å². The highest BCUT2D eigenvalue weighted by atomic mass is 32.2. The first-order valence-electron chi connectivity index (χ1n) is 8.82. The maximum absolute atomic E-state index is 11.7. The molecule has 3 aromatic rings. The third-order valence-electron chi connectivity index (χ3n) is 5.17. The molecule has 1 fully saturated rings. The lowest BCUT2D eigenvalue weighted by Gasteiger charge is -2.33. The summed E-state index contributed by atoms with van der Waals surface area (Å²) in [6.45, 7) is 3.85. The Morgan fingerprint density at radius 2 is 1.85 bits per heavy atom. The molecule has 3 heterocycles. The Bertz CT molecular complexity index is 952. The van der Waals surface area contributed by atoms with Gasteiger partial charge in [0.2, 0.25) is 0 Å². The molecule has 1 saturated heterocycles. The summed E-state index contributed by atoms with van der Waals surface area (Å²) in [7, 11) is 0. The lowest BCUT2D eigenvalue weighted by atomic mass is 9.86. The molecule has 6 heteroatoms. The zero-order chi connectivity index (χ0) is 17.6. The number of morpholine rings is 1. The fourth-order valence-electron chi connectivity index (χ4n) is 3.67. The third kappa shape index (κ3) is 2.73. The smallest absolute Gasteiger partial charge is 0.130 e. The van der Waals surface area contributed by atoms with Crippen molar-refractivity contribution >= 4 is 39.1 Å². The van der Waals surface area contributed by atoms with Gasteiger partial charge in [-0.2, -0.15) is 0 Å². The van der Waals surface area contributed by atoms with E-state index in [4.69, 9.17) is 4.74 Å². The summed E-state index contributed by atoms with van der Waals surface area (Å²) in [5.74, 6) is 0. The summed E-state index contributed by atoms with van der Waals surface area (Å²) in [5.41, 5.74) is 0.950. The molecule has 1 atom stereocenters. The molecule has 5 rings (SSSR count). The molecule has 2 aliphatic heterocycles. The molecule has 0 bridgehead atoms. The van der Waals surface area contributed by atoms with Crippen molar-refractivity contribution in [2.24, 2.45) is 0 Å². The van der Waals surface area contributed by atoms with Gasteiger partial charge in [0.25, 0.3) is 0 Å². The molecule has 0 amide bonds. The molecule has 134 valence electrons. The van der Waals surface area contributed by atoms with Gasteiger partial charge in [0.1, 0.15) is 5.60 Å². The highest BCUT2D eigenvalue weighted by Gasteiger charge is 2.39. The lowest BCUT2D eigenvalue weighted by molar-refractivity contribution is 0.0827. The number of rotatable bonds is 2. The summed E-state index contributed by atoms with van der Waals surface area (Å²) in [5, 5.41) is 15.2. The second-order valence-corrected chi connectivity index (χ2v) is 8.92. The molecular formula is C20H20N2O2S2. The van der Waals surface area contributed by atoms with Crippen LogP contribution in [0.25, 0.3) is 10.8 Å². The molecule has 0 saturated carbocycles. The predicted molar refractivity (Wildman–Crippen MR) is 108 cm³/mol. The average Bonchev–Trinajstić information content (AvgIpc) is 3.14. The number of hydrogen-bond acceptors (Lipinski definition) is 6. The fourth-order valence-corrected chi connectivity index (χ4v) is 6.04. The molecule has 2 aliphatic rings. The minimum Gasteiger partial charge on any atom is -0.379 e. The first-order valence-corrected chi connectivity index (χ1v) is 10.5. The zero-order valence-electron chi connectivity index (χ0n) is 14.3. The molecular weight excluding hydrogens is 364 g/mol. The van der Waals surface area contributed by atoms with E-state index in [-0.39, 0.29) is 0 Å². The quantitative estimate of drug-likeness (QED) is 0.661. The number of benzene rings is 2. The normalized spacial score (nSPS) is 23.2. The van der Waals surface area contributed by atoms with Gasteiger partial charge in [0, 0.05) is 25.2 Å². The zero-order valence-corrected chi connectivity index (χ0v) is 15.9. The Kier molecular flexibility index (Phi) is 4.18. The number of aliphatic hydroxyl groups is 1. The summed E-state index contributed by atoms with van der Waals surface area (Å²) in [4.78, 5) is 2.36. The third-order valence-corrected chi connectivity index (χ3v) is 7.36. The van der Waals surface area contributed by atoms with Crippen LogP contribution in [0.4, 0.5) is 5.00 Å². The second kappa shape index (κ2) is 6.55. The van der Waals surface area contributed by atoms with Gasteiger partial charge in [-0.1, -0.05) is 36.4 Å². The van der Waals surface area contributed by atoms with Crippen LogP contribution in [-0.4, -0.2) is 38.0 Å². The van der Waals surface area contributed by atoms with Crippen molar-refractivity contribution in [2.45, 2.75) is 9.81 Å². The number of β-amino-alcohol motifs (C(OH)–C–C–N with tert-alkyl or cyclic N) is 1. The van der Waals surface area contributed by atoms with E-state index < -0.39 is 5.60 Å². The molecule has 2 N–H and O–H groups in total. The second-order valence-electron chi connectivity index (χ2n) is 6.73. The van der Waals surface area contributed by atoms with Crippen molar-refractivity contribution in [2.75, 3.05) is 37.7 Å². The monoisotopic (exact) mass is 384 g/mol. The van der Waals surface area contributed by atoms with Crippen LogP contribution in [0.5, 0.6) is 0 Å². The van der Waals surface area contributed by atoms with Gasteiger partial charge in [-0.3, -0.25) is 4.72 Å². The summed E-state index contributed by atoms with van der Waals surface area (Å²) >= 11 is 3.38. The van der Waals surface area contributed by atoms with E-state index >= 15 is 0 Å². The Hall–Kier alpha value is -1.57. The number of hydrogen-bond donors (Lipinski definition) is 2. The van der Waals surface area contributed by atoms with Gasteiger partial charge >= 0.3 is 0 Å². The van der Waals surface area contributed by atoms with Crippen molar-refractivity contribution in [1.82, 2.24) is 4.72 Å².